The number of benzene rings is 10. The molecule has 0 unspecified atom stereocenters. The van der Waals surface area contributed by atoms with Crippen molar-refractivity contribution < 1.29 is 37.9 Å². The maximum atomic E-state index is 7.14. The number of hydrogen-bond acceptors (Lipinski definition) is 9. The molecular weight excluding hydrogens is 971 g/mol. The van der Waals surface area contributed by atoms with Crippen LogP contribution in [0.1, 0.15) is 0 Å². The third kappa shape index (κ3) is 6.13. The minimum Gasteiger partial charge on any atom is -0.458 e. The Bertz CT molecular complexity index is 4320. The molecule has 0 atom stereocenters. The first-order valence-electron chi connectivity index (χ1n) is 26.0. The molecule has 0 saturated heterocycles. The van der Waals surface area contributed by atoms with E-state index in [1.54, 1.807) is 0 Å². The number of fused-ring (bicyclic) bond motifs is 16. The van der Waals surface area contributed by atoms with Crippen LogP contribution in [0.4, 0.5) is 11.4 Å². The van der Waals surface area contributed by atoms with Crippen LogP contribution in [0.2, 0.25) is 0 Å². The highest BCUT2D eigenvalue weighted by Gasteiger charge is 2.49. The second-order valence-corrected chi connectivity index (χ2v) is 20.5. The molecule has 10 aromatic carbocycles. The highest BCUT2D eigenvalue weighted by Crippen LogP contribution is 2.46. The standard InChI is InChI=1S/C64H36B3N3O8/c1-4-14-34(15-5-1)71-37-24-49-58-53(25-37)77-61-40-20-10-12-22-46(40)69-63(61)66(58)42-30-43-50(32-48(42)68-49)74-54-26-38(72-35-16-6-2-7-17-35)27-55-59(54)65(43)44-31-45-52(33-51(44)75-55)76-56-28-39(73-36-18-8-3-9-19-36)29-57-60(56)67(45)64-62(78-57)41-21-11-13-23-47(41)70-64/h1-33,68-70H. The number of para-hydroxylation sites is 5. The van der Waals surface area contributed by atoms with E-state index in [2.05, 4.69) is 63.8 Å². The molecule has 0 saturated carbocycles. The van der Waals surface area contributed by atoms with Gasteiger partial charge in [-0.3, -0.25) is 0 Å². The van der Waals surface area contributed by atoms with Gasteiger partial charge in [0, 0.05) is 104 Å². The Balaban J connectivity index is 0.840. The molecule has 2 aromatic heterocycles. The molecule has 8 heterocycles. The van der Waals surface area contributed by atoms with Crippen LogP contribution in [-0.2, 0) is 0 Å². The summed E-state index contributed by atoms with van der Waals surface area (Å²) in [6.07, 6.45) is 0. The van der Waals surface area contributed by atoms with Crippen LogP contribution in [0.15, 0.2) is 200 Å². The number of hydrogen-bond donors (Lipinski definition) is 3. The van der Waals surface area contributed by atoms with E-state index in [1.807, 2.05) is 152 Å². The molecule has 14 heteroatoms. The van der Waals surface area contributed by atoms with Crippen molar-refractivity contribution in [1.29, 1.82) is 0 Å². The summed E-state index contributed by atoms with van der Waals surface area (Å²) < 4.78 is 54.7. The van der Waals surface area contributed by atoms with Crippen molar-refractivity contribution in [2.24, 2.45) is 0 Å². The van der Waals surface area contributed by atoms with Gasteiger partial charge in [0.1, 0.15) is 92.0 Å². The van der Waals surface area contributed by atoms with Crippen molar-refractivity contribution in [3.63, 3.8) is 0 Å². The number of aromatic nitrogens is 2. The van der Waals surface area contributed by atoms with Gasteiger partial charge in [0.15, 0.2) is 0 Å². The summed E-state index contributed by atoms with van der Waals surface area (Å²) in [4.78, 5) is 7.60. The molecule has 3 N–H and O–H groups in total. The Kier molecular flexibility index (Phi) is 8.40. The quantitative estimate of drug-likeness (QED) is 0.140. The Labute approximate surface area is 446 Å². The molecular formula is C64H36B3N3O8. The number of rotatable bonds is 6. The fraction of sp³-hybridized carbons (Fsp3) is 0. The molecule has 11 nitrogen and oxygen atoms in total. The van der Waals surface area contributed by atoms with Gasteiger partial charge in [0.2, 0.25) is 0 Å². The summed E-state index contributed by atoms with van der Waals surface area (Å²) in [6.45, 7) is -0.891. The van der Waals surface area contributed by atoms with Crippen molar-refractivity contribution in [2.45, 2.75) is 0 Å². The fourth-order valence-corrected chi connectivity index (χ4v) is 12.7. The lowest BCUT2D eigenvalue weighted by Gasteiger charge is -2.38. The van der Waals surface area contributed by atoms with Gasteiger partial charge in [-0.15, -0.1) is 0 Å². The molecule has 6 aliphatic heterocycles. The Morgan fingerprint density at radius 1 is 0.295 bits per heavy atom. The number of H-pyrrole nitrogens is 2. The molecule has 0 fully saturated rings. The summed E-state index contributed by atoms with van der Waals surface area (Å²) in [5.74, 6) is 10.8. The first kappa shape index (κ1) is 42.0. The number of anilines is 2. The zero-order valence-electron chi connectivity index (χ0n) is 41.1. The van der Waals surface area contributed by atoms with Gasteiger partial charge in [-0.25, -0.2) is 0 Å². The average Bonchev–Trinajstić information content (AvgIpc) is 4.20. The van der Waals surface area contributed by atoms with Gasteiger partial charge in [0.25, 0.3) is 20.1 Å². The lowest BCUT2D eigenvalue weighted by molar-refractivity contribution is 0.436. The van der Waals surface area contributed by atoms with Crippen molar-refractivity contribution >= 4 is 103 Å². The topological polar surface area (TPSA) is 117 Å². The zero-order valence-corrected chi connectivity index (χ0v) is 41.1. The average molecular weight is 1010 g/mol. The number of aromatic amines is 2. The van der Waals surface area contributed by atoms with E-state index >= 15 is 0 Å². The lowest BCUT2D eigenvalue weighted by Crippen LogP contribution is -2.63. The molecule has 0 aliphatic carbocycles. The van der Waals surface area contributed by atoms with Gasteiger partial charge >= 0.3 is 0 Å². The van der Waals surface area contributed by atoms with E-state index in [0.29, 0.717) is 69.0 Å². The van der Waals surface area contributed by atoms with Crippen LogP contribution < -0.4 is 92.6 Å². The van der Waals surface area contributed by atoms with Crippen LogP contribution in [-0.4, -0.2) is 30.1 Å². The minimum atomic E-state index is -0.349. The molecule has 18 rings (SSSR count). The van der Waals surface area contributed by atoms with Crippen LogP contribution in [0.5, 0.6) is 92.0 Å². The second-order valence-electron chi connectivity index (χ2n) is 20.5. The molecule has 78 heavy (non-hydrogen) atoms. The van der Waals surface area contributed by atoms with Gasteiger partial charge in [-0.1, -0.05) is 91.0 Å². The van der Waals surface area contributed by atoms with E-state index in [-0.39, 0.29) is 20.1 Å². The highest BCUT2D eigenvalue weighted by atomic mass is 16.5. The van der Waals surface area contributed by atoms with E-state index in [4.69, 9.17) is 37.9 Å². The summed E-state index contributed by atoms with van der Waals surface area (Å²) in [5, 5.41) is 5.83. The summed E-state index contributed by atoms with van der Waals surface area (Å²) in [7, 11) is 0. The third-order valence-corrected chi connectivity index (χ3v) is 15.9. The van der Waals surface area contributed by atoms with E-state index in [0.717, 1.165) is 106 Å². The van der Waals surface area contributed by atoms with E-state index in [9.17, 15) is 0 Å². The minimum absolute atomic E-state index is 0.245. The normalized spacial score (nSPS) is 13.7. The van der Waals surface area contributed by atoms with Crippen LogP contribution in [0.25, 0.3) is 21.8 Å². The second kappa shape index (κ2) is 15.6. The van der Waals surface area contributed by atoms with Gasteiger partial charge in [0.05, 0.1) is 0 Å². The van der Waals surface area contributed by atoms with Gasteiger partial charge in [-0.05, 0) is 88.0 Å². The summed E-state index contributed by atoms with van der Waals surface area (Å²) >= 11 is 0. The number of ether oxygens (including phenoxy) is 8. The lowest BCUT2D eigenvalue weighted by atomic mass is 9.31. The van der Waals surface area contributed by atoms with Crippen molar-refractivity contribution in [3.05, 3.63) is 200 Å². The first-order valence-corrected chi connectivity index (χ1v) is 26.0. The zero-order chi connectivity index (χ0) is 50.7. The third-order valence-electron chi connectivity index (χ3n) is 15.9. The predicted octanol–water partition coefficient (Wildman–Crippen LogP) is 10.2. The predicted molar refractivity (Wildman–Crippen MR) is 306 cm³/mol. The van der Waals surface area contributed by atoms with Crippen molar-refractivity contribution in [2.75, 3.05) is 5.32 Å². The molecule has 0 bridgehead atoms. The van der Waals surface area contributed by atoms with E-state index in [1.165, 1.54) is 0 Å². The number of nitrogens with one attached hydrogen (secondary N) is 3. The SMILES string of the molecule is c1ccc(Oc2cc3c4c(c2)Oc2c([nH]c5ccccc25)B4c2cc4c(cc2N3)Oc2cc(Oc3ccccc3)cc3c2B4c2cc4c(cc2O3)Oc2cc(Oc3ccccc3)cc3c2B4c2[nH]c4ccccc4c2O3)cc1. The molecule has 12 aromatic rings. The molecule has 0 radical (unpaired) electrons. The maximum absolute atomic E-state index is 7.14. The van der Waals surface area contributed by atoms with Crippen LogP contribution >= 0.6 is 0 Å². The highest BCUT2D eigenvalue weighted by molar-refractivity contribution is 7.02. The monoisotopic (exact) mass is 1010 g/mol. The van der Waals surface area contributed by atoms with Gasteiger partial charge in [-0.2, -0.15) is 0 Å². The smallest absolute Gasteiger partial charge is 0.280 e. The Hall–Kier alpha value is -10.3. The van der Waals surface area contributed by atoms with E-state index < -0.39 is 0 Å². The Morgan fingerprint density at radius 3 is 1.22 bits per heavy atom. The first-order chi connectivity index (χ1) is 38.6. The molecule has 364 valence electrons. The molecule has 0 spiro atoms. The van der Waals surface area contributed by atoms with Gasteiger partial charge < -0.3 is 53.2 Å². The van der Waals surface area contributed by atoms with Crippen molar-refractivity contribution in [1.82, 2.24) is 9.97 Å². The van der Waals surface area contributed by atoms with Crippen LogP contribution in [0.3, 0.4) is 0 Å². The summed E-state index contributed by atoms with van der Waals surface area (Å²) in [5.41, 5.74) is 12.5. The fourth-order valence-electron chi connectivity index (χ4n) is 12.7. The largest absolute Gasteiger partial charge is 0.458 e. The molecule has 6 aliphatic rings. The summed E-state index contributed by atoms with van der Waals surface area (Å²) in [6, 6.07) is 66.6. The van der Waals surface area contributed by atoms with Crippen molar-refractivity contribution in [3.8, 4) is 92.0 Å². The Morgan fingerprint density at radius 2 is 0.692 bits per heavy atom. The maximum Gasteiger partial charge on any atom is 0.280 e. The molecule has 0 amide bonds. The van der Waals surface area contributed by atoms with Crippen LogP contribution in [0, 0.1) is 0 Å².